The lowest BCUT2D eigenvalue weighted by atomic mass is 10.1. The van der Waals surface area contributed by atoms with Crippen molar-refractivity contribution in [2.24, 2.45) is 0 Å². The van der Waals surface area contributed by atoms with E-state index < -0.39 is 5.97 Å². The van der Waals surface area contributed by atoms with Crippen molar-refractivity contribution < 1.29 is 9.90 Å². The van der Waals surface area contributed by atoms with Crippen LogP contribution in [-0.4, -0.2) is 16.0 Å². The number of aromatic carboxylic acids is 1. The molecule has 0 aromatic heterocycles. The second-order valence-electron chi connectivity index (χ2n) is 5.03. The summed E-state index contributed by atoms with van der Waals surface area (Å²) in [6.45, 7) is 2.71. The van der Waals surface area contributed by atoms with Crippen LogP contribution in [0.5, 0.6) is 0 Å². The number of benzene rings is 2. The summed E-state index contributed by atoms with van der Waals surface area (Å²) in [5, 5.41) is 8.97. The maximum absolute atomic E-state index is 10.9. The van der Waals surface area contributed by atoms with Crippen LogP contribution in [0, 0.1) is 0 Å². The number of rotatable bonds is 3. The van der Waals surface area contributed by atoms with Crippen molar-refractivity contribution in [2.45, 2.75) is 19.6 Å². The van der Waals surface area contributed by atoms with Crippen LogP contribution in [0.2, 0.25) is 0 Å². The largest absolute Gasteiger partial charge is 0.478 e. The Bertz CT molecular complexity index is 644. The van der Waals surface area contributed by atoms with Crippen molar-refractivity contribution in [2.75, 3.05) is 0 Å². The lowest BCUT2D eigenvalue weighted by Crippen LogP contribution is -2.16. The smallest absolute Gasteiger partial charge is 0.335 e. The first-order chi connectivity index (χ1) is 9.63. The maximum Gasteiger partial charge on any atom is 0.335 e. The van der Waals surface area contributed by atoms with Gasteiger partial charge in [-0.3, -0.25) is 4.90 Å². The molecular formula is C16H14BrNO2. The van der Waals surface area contributed by atoms with Gasteiger partial charge in [-0.05, 0) is 28.8 Å². The Hall–Kier alpha value is -1.65. The number of carbonyl (C=O) groups is 1. The summed E-state index contributed by atoms with van der Waals surface area (Å²) in [4.78, 5) is 13.3. The number of carboxylic acid groups (broad SMARTS) is 1. The predicted octanol–water partition coefficient (Wildman–Crippen LogP) is 3.66. The zero-order chi connectivity index (χ0) is 14.1. The van der Waals surface area contributed by atoms with Gasteiger partial charge in [-0.2, -0.15) is 0 Å². The lowest BCUT2D eigenvalue weighted by molar-refractivity contribution is 0.0697. The number of halogens is 1. The molecule has 0 fully saturated rings. The molecule has 3 rings (SSSR count). The average Bonchev–Trinajstić information content (AvgIpc) is 2.83. The van der Waals surface area contributed by atoms with Crippen LogP contribution in [0.25, 0.3) is 0 Å². The van der Waals surface area contributed by atoms with Gasteiger partial charge in [-0.1, -0.05) is 46.3 Å². The van der Waals surface area contributed by atoms with E-state index in [-0.39, 0.29) is 0 Å². The van der Waals surface area contributed by atoms with E-state index in [9.17, 15) is 4.79 Å². The van der Waals surface area contributed by atoms with E-state index in [0.29, 0.717) is 5.56 Å². The minimum Gasteiger partial charge on any atom is -0.478 e. The fraction of sp³-hybridized carbons (Fsp3) is 0.188. The molecule has 0 radical (unpaired) electrons. The predicted molar refractivity (Wildman–Crippen MR) is 80.5 cm³/mol. The van der Waals surface area contributed by atoms with Crippen LogP contribution in [-0.2, 0) is 19.6 Å². The highest BCUT2D eigenvalue weighted by atomic mass is 79.9. The number of nitrogens with zero attached hydrogens (tertiary/aromatic N) is 1. The minimum atomic E-state index is -0.897. The monoisotopic (exact) mass is 331 g/mol. The first-order valence-electron chi connectivity index (χ1n) is 6.44. The minimum absolute atomic E-state index is 0.310. The van der Waals surface area contributed by atoms with Gasteiger partial charge >= 0.3 is 5.97 Å². The number of carboxylic acids is 1. The molecule has 0 saturated heterocycles. The molecule has 0 spiro atoms. The van der Waals surface area contributed by atoms with Gasteiger partial charge in [0, 0.05) is 24.1 Å². The van der Waals surface area contributed by atoms with Gasteiger partial charge in [0.25, 0.3) is 0 Å². The van der Waals surface area contributed by atoms with Crippen molar-refractivity contribution in [1.82, 2.24) is 4.90 Å². The highest BCUT2D eigenvalue weighted by Crippen LogP contribution is 2.26. The molecule has 4 heteroatoms. The summed E-state index contributed by atoms with van der Waals surface area (Å²) in [6, 6.07) is 13.7. The summed E-state index contributed by atoms with van der Waals surface area (Å²) < 4.78 is 0.855. The van der Waals surface area contributed by atoms with Crippen LogP contribution >= 0.6 is 15.9 Å². The van der Waals surface area contributed by atoms with Gasteiger partial charge in [-0.25, -0.2) is 4.79 Å². The van der Waals surface area contributed by atoms with Gasteiger partial charge < -0.3 is 5.11 Å². The summed E-state index contributed by atoms with van der Waals surface area (Å²) >= 11 is 3.47. The van der Waals surface area contributed by atoms with Crippen LogP contribution < -0.4 is 0 Å². The molecule has 2 aromatic rings. The second-order valence-corrected chi connectivity index (χ2v) is 5.88. The number of hydrogen-bond acceptors (Lipinski definition) is 2. The standard InChI is InChI=1S/C16H14BrNO2/c17-15-7-11(16(19)20)5-6-14(15)10-18-8-12-3-1-2-4-13(12)9-18/h1-7H,8-10H2,(H,19,20). The quantitative estimate of drug-likeness (QED) is 0.932. The van der Waals surface area contributed by atoms with Gasteiger partial charge in [-0.15, -0.1) is 0 Å². The molecule has 0 bridgehead atoms. The topological polar surface area (TPSA) is 40.5 Å². The van der Waals surface area contributed by atoms with Crippen molar-refractivity contribution >= 4 is 21.9 Å². The summed E-state index contributed by atoms with van der Waals surface area (Å²) in [6.07, 6.45) is 0. The van der Waals surface area contributed by atoms with E-state index >= 15 is 0 Å². The van der Waals surface area contributed by atoms with E-state index in [4.69, 9.17) is 5.11 Å². The zero-order valence-electron chi connectivity index (χ0n) is 10.8. The molecular weight excluding hydrogens is 318 g/mol. The molecule has 0 unspecified atom stereocenters. The third kappa shape index (κ3) is 2.62. The average molecular weight is 332 g/mol. The first kappa shape index (κ1) is 13.3. The summed E-state index contributed by atoms with van der Waals surface area (Å²) in [7, 11) is 0. The van der Waals surface area contributed by atoms with Crippen molar-refractivity contribution in [3.8, 4) is 0 Å². The highest BCUT2D eigenvalue weighted by molar-refractivity contribution is 9.10. The first-order valence-corrected chi connectivity index (χ1v) is 7.23. The lowest BCUT2D eigenvalue weighted by Gasteiger charge is -2.16. The van der Waals surface area contributed by atoms with Crippen molar-refractivity contribution in [3.05, 3.63) is 69.2 Å². The molecule has 0 saturated carbocycles. The van der Waals surface area contributed by atoms with E-state index in [2.05, 4.69) is 45.1 Å². The molecule has 1 heterocycles. The molecule has 0 atom stereocenters. The van der Waals surface area contributed by atoms with Gasteiger partial charge in [0.05, 0.1) is 5.56 Å². The number of hydrogen-bond donors (Lipinski definition) is 1. The fourth-order valence-corrected chi connectivity index (χ4v) is 3.07. The zero-order valence-corrected chi connectivity index (χ0v) is 12.4. The Labute approximate surface area is 126 Å². The Morgan fingerprint density at radius 2 is 1.80 bits per heavy atom. The third-order valence-electron chi connectivity index (χ3n) is 3.60. The Balaban J connectivity index is 1.75. The molecule has 1 aliphatic heterocycles. The van der Waals surface area contributed by atoms with E-state index in [1.165, 1.54) is 11.1 Å². The molecule has 3 nitrogen and oxygen atoms in total. The second kappa shape index (κ2) is 5.38. The Morgan fingerprint density at radius 1 is 1.15 bits per heavy atom. The normalized spacial score (nSPS) is 14.2. The van der Waals surface area contributed by atoms with Gasteiger partial charge in [0.1, 0.15) is 0 Å². The number of fused-ring (bicyclic) bond motifs is 1. The van der Waals surface area contributed by atoms with Gasteiger partial charge in [0.15, 0.2) is 0 Å². The van der Waals surface area contributed by atoms with Crippen LogP contribution in [0.15, 0.2) is 46.9 Å². The maximum atomic E-state index is 10.9. The summed E-state index contributed by atoms with van der Waals surface area (Å²) in [5.41, 5.74) is 4.18. The Morgan fingerprint density at radius 3 is 2.35 bits per heavy atom. The highest BCUT2D eigenvalue weighted by Gasteiger charge is 2.19. The fourth-order valence-electron chi connectivity index (χ4n) is 2.56. The van der Waals surface area contributed by atoms with Crippen molar-refractivity contribution in [1.29, 1.82) is 0 Å². The van der Waals surface area contributed by atoms with Gasteiger partial charge in [0.2, 0.25) is 0 Å². The van der Waals surface area contributed by atoms with E-state index in [0.717, 1.165) is 29.7 Å². The third-order valence-corrected chi connectivity index (χ3v) is 4.34. The molecule has 102 valence electrons. The molecule has 20 heavy (non-hydrogen) atoms. The van der Waals surface area contributed by atoms with Crippen molar-refractivity contribution in [3.63, 3.8) is 0 Å². The molecule has 2 aromatic carbocycles. The van der Waals surface area contributed by atoms with Crippen LogP contribution in [0.4, 0.5) is 0 Å². The summed E-state index contributed by atoms with van der Waals surface area (Å²) in [5.74, 6) is -0.897. The SMILES string of the molecule is O=C(O)c1ccc(CN2Cc3ccccc3C2)c(Br)c1. The Kier molecular flexibility index (Phi) is 3.59. The van der Waals surface area contributed by atoms with E-state index in [1.807, 2.05) is 6.07 Å². The van der Waals surface area contributed by atoms with Crippen LogP contribution in [0.1, 0.15) is 27.0 Å². The molecule has 1 aliphatic rings. The molecule has 1 N–H and O–H groups in total. The molecule has 0 amide bonds. The van der Waals surface area contributed by atoms with Crippen LogP contribution in [0.3, 0.4) is 0 Å². The van der Waals surface area contributed by atoms with E-state index in [1.54, 1.807) is 12.1 Å². The molecule has 0 aliphatic carbocycles.